The Morgan fingerprint density at radius 1 is 1.17 bits per heavy atom. The van der Waals surface area contributed by atoms with Crippen LogP contribution >= 0.6 is 11.3 Å². The van der Waals surface area contributed by atoms with Crippen molar-refractivity contribution in [2.24, 2.45) is 0 Å². The molecule has 1 aromatic carbocycles. The summed E-state index contributed by atoms with van der Waals surface area (Å²) in [4.78, 5) is 21.9. The summed E-state index contributed by atoms with van der Waals surface area (Å²) in [6.45, 7) is 1.66. The Kier molecular flexibility index (Phi) is 3.90. The molecule has 3 heterocycles. The third kappa shape index (κ3) is 2.85. The average Bonchev–Trinajstić information content (AvgIpc) is 3.34. The van der Waals surface area contributed by atoms with Crippen molar-refractivity contribution in [2.45, 2.75) is 12.8 Å². The van der Waals surface area contributed by atoms with Gasteiger partial charge in [0.25, 0.3) is 5.91 Å². The first-order valence-electron chi connectivity index (χ1n) is 7.90. The SMILES string of the molecule is O=C(c1cc(-c2csc(-c3ccc(F)cc3)n2)c[nH]1)N1CCCC1. The van der Waals surface area contributed by atoms with Crippen molar-refractivity contribution in [1.29, 1.82) is 0 Å². The summed E-state index contributed by atoms with van der Waals surface area (Å²) in [5.41, 5.74) is 3.19. The molecular formula is C18H16FN3OS. The second-order valence-corrected chi connectivity index (χ2v) is 6.70. The molecule has 1 N–H and O–H groups in total. The Labute approximate surface area is 143 Å². The highest BCUT2D eigenvalue weighted by molar-refractivity contribution is 7.13. The number of hydrogen-bond donors (Lipinski definition) is 1. The fourth-order valence-corrected chi connectivity index (χ4v) is 3.72. The Hall–Kier alpha value is -2.47. The lowest BCUT2D eigenvalue weighted by atomic mass is 10.2. The molecule has 1 fully saturated rings. The molecule has 4 nitrogen and oxygen atoms in total. The zero-order valence-electron chi connectivity index (χ0n) is 13.0. The van der Waals surface area contributed by atoms with Crippen molar-refractivity contribution in [3.63, 3.8) is 0 Å². The molecule has 0 bridgehead atoms. The monoisotopic (exact) mass is 341 g/mol. The van der Waals surface area contributed by atoms with Crippen molar-refractivity contribution in [3.8, 4) is 21.8 Å². The lowest BCUT2D eigenvalue weighted by Gasteiger charge is -2.13. The largest absolute Gasteiger partial charge is 0.357 e. The van der Waals surface area contributed by atoms with Crippen LogP contribution in [0.5, 0.6) is 0 Å². The molecule has 0 atom stereocenters. The van der Waals surface area contributed by atoms with Gasteiger partial charge in [-0.05, 0) is 43.2 Å². The van der Waals surface area contributed by atoms with E-state index in [-0.39, 0.29) is 11.7 Å². The minimum Gasteiger partial charge on any atom is -0.357 e. The number of thiazole rings is 1. The standard InChI is InChI=1S/C18H16FN3OS/c19-14-5-3-12(4-6-14)17-21-16(11-24-17)13-9-15(20-10-13)18(23)22-7-1-2-8-22/h3-6,9-11,20H,1-2,7-8H2. The number of aromatic nitrogens is 2. The van der Waals surface area contributed by atoms with E-state index < -0.39 is 0 Å². The van der Waals surface area contributed by atoms with Crippen LogP contribution in [0, 0.1) is 5.82 Å². The van der Waals surface area contributed by atoms with Gasteiger partial charge in [0, 0.05) is 35.8 Å². The van der Waals surface area contributed by atoms with Crippen LogP contribution in [0.25, 0.3) is 21.8 Å². The van der Waals surface area contributed by atoms with Crippen LogP contribution in [-0.4, -0.2) is 33.9 Å². The van der Waals surface area contributed by atoms with Crippen molar-refractivity contribution in [1.82, 2.24) is 14.9 Å². The first-order valence-corrected chi connectivity index (χ1v) is 8.78. The number of nitrogens with zero attached hydrogens (tertiary/aromatic N) is 2. The fourth-order valence-electron chi connectivity index (χ4n) is 2.89. The first-order chi connectivity index (χ1) is 11.7. The molecule has 24 heavy (non-hydrogen) atoms. The third-order valence-corrected chi connectivity index (χ3v) is 5.09. The van der Waals surface area contributed by atoms with Gasteiger partial charge in [-0.3, -0.25) is 4.79 Å². The number of halogens is 1. The Balaban J connectivity index is 1.56. The molecule has 0 aliphatic carbocycles. The molecule has 1 aliphatic heterocycles. The van der Waals surface area contributed by atoms with E-state index >= 15 is 0 Å². The van der Waals surface area contributed by atoms with Crippen LogP contribution in [0.4, 0.5) is 4.39 Å². The summed E-state index contributed by atoms with van der Waals surface area (Å²) in [5.74, 6) is -0.209. The molecular weight excluding hydrogens is 325 g/mol. The van der Waals surface area contributed by atoms with Crippen LogP contribution in [0.15, 0.2) is 41.9 Å². The van der Waals surface area contributed by atoms with Gasteiger partial charge in [0.2, 0.25) is 0 Å². The number of rotatable bonds is 3. The van der Waals surface area contributed by atoms with Crippen LogP contribution in [-0.2, 0) is 0 Å². The van der Waals surface area contributed by atoms with Crippen LogP contribution in [0.1, 0.15) is 23.3 Å². The van der Waals surface area contributed by atoms with E-state index in [2.05, 4.69) is 9.97 Å². The summed E-state index contributed by atoms with van der Waals surface area (Å²) in [5, 5.41) is 2.78. The molecule has 6 heteroatoms. The Morgan fingerprint density at radius 3 is 2.67 bits per heavy atom. The van der Waals surface area contributed by atoms with E-state index in [1.165, 1.54) is 23.5 Å². The quantitative estimate of drug-likeness (QED) is 0.777. The predicted octanol–water partition coefficient (Wildman–Crippen LogP) is 4.18. The van der Waals surface area contributed by atoms with Crippen molar-refractivity contribution >= 4 is 17.2 Å². The minimum absolute atomic E-state index is 0.0488. The van der Waals surface area contributed by atoms with Crippen molar-refractivity contribution in [3.05, 3.63) is 53.4 Å². The maximum atomic E-state index is 13.0. The lowest BCUT2D eigenvalue weighted by molar-refractivity contribution is 0.0788. The molecule has 0 spiro atoms. The molecule has 1 amide bonds. The number of benzene rings is 1. The molecule has 2 aromatic heterocycles. The van der Waals surface area contributed by atoms with E-state index in [0.717, 1.165) is 47.8 Å². The molecule has 0 radical (unpaired) electrons. The molecule has 1 saturated heterocycles. The normalized spacial score (nSPS) is 14.3. The number of H-pyrrole nitrogens is 1. The van der Waals surface area contributed by atoms with Gasteiger partial charge in [-0.15, -0.1) is 11.3 Å². The second-order valence-electron chi connectivity index (χ2n) is 5.85. The van der Waals surface area contributed by atoms with Gasteiger partial charge in [-0.2, -0.15) is 0 Å². The van der Waals surface area contributed by atoms with Crippen LogP contribution in [0.2, 0.25) is 0 Å². The van der Waals surface area contributed by atoms with E-state index in [4.69, 9.17) is 0 Å². The van der Waals surface area contributed by atoms with E-state index in [1.807, 2.05) is 22.5 Å². The smallest absolute Gasteiger partial charge is 0.270 e. The summed E-state index contributed by atoms with van der Waals surface area (Å²) in [7, 11) is 0. The highest BCUT2D eigenvalue weighted by atomic mass is 32.1. The van der Waals surface area contributed by atoms with Gasteiger partial charge in [0.1, 0.15) is 16.5 Å². The van der Waals surface area contributed by atoms with Crippen LogP contribution in [0.3, 0.4) is 0 Å². The van der Waals surface area contributed by atoms with E-state index in [1.54, 1.807) is 12.1 Å². The summed E-state index contributed by atoms with van der Waals surface area (Å²) < 4.78 is 13.0. The van der Waals surface area contributed by atoms with Gasteiger partial charge >= 0.3 is 0 Å². The summed E-state index contributed by atoms with van der Waals surface area (Å²) >= 11 is 1.50. The van der Waals surface area contributed by atoms with Gasteiger partial charge < -0.3 is 9.88 Å². The highest BCUT2D eigenvalue weighted by Gasteiger charge is 2.21. The molecule has 0 unspecified atom stereocenters. The third-order valence-electron chi connectivity index (χ3n) is 4.20. The van der Waals surface area contributed by atoms with E-state index in [9.17, 15) is 9.18 Å². The maximum absolute atomic E-state index is 13.0. The number of nitrogens with one attached hydrogen (secondary N) is 1. The zero-order chi connectivity index (χ0) is 16.5. The van der Waals surface area contributed by atoms with E-state index in [0.29, 0.717) is 5.69 Å². The maximum Gasteiger partial charge on any atom is 0.270 e. The van der Waals surface area contributed by atoms with Crippen molar-refractivity contribution in [2.75, 3.05) is 13.1 Å². The molecule has 122 valence electrons. The second kappa shape index (κ2) is 6.20. The zero-order valence-corrected chi connectivity index (χ0v) is 13.8. The molecule has 3 aromatic rings. The number of carbonyl (C=O) groups excluding carboxylic acids is 1. The summed E-state index contributed by atoms with van der Waals surface area (Å²) in [6.07, 6.45) is 3.96. The number of hydrogen-bond acceptors (Lipinski definition) is 3. The van der Waals surface area contributed by atoms with Gasteiger partial charge in [0.15, 0.2) is 0 Å². The molecule has 4 rings (SSSR count). The average molecular weight is 341 g/mol. The molecule has 1 aliphatic rings. The van der Waals surface area contributed by atoms with Gasteiger partial charge in [-0.25, -0.2) is 9.37 Å². The minimum atomic E-state index is -0.258. The Morgan fingerprint density at radius 2 is 1.92 bits per heavy atom. The first kappa shape index (κ1) is 15.1. The number of aromatic amines is 1. The fraction of sp³-hybridized carbons (Fsp3) is 0.222. The summed E-state index contributed by atoms with van der Waals surface area (Å²) in [6, 6.07) is 8.15. The van der Waals surface area contributed by atoms with Gasteiger partial charge in [0.05, 0.1) is 5.69 Å². The topological polar surface area (TPSA) is 49.0 Å². The van der Waals surface area contributed by atoms with Crippen molar-refractivity contribution < 1.29 is 9.18 Å². The number of carbonyl (C=O) groups is 1. The predicted molar refractivity (Wildman–Crippen MR) is 92.4 cm³/mol. The lowest BCUT2D eigenvalue weighted by Crippen LogP contribution is -2.27. The molecule has 0 saturated carbocycles. The number of likely N-dealkylation sites (tertiary alicyclic amines) is 1. The van der Waals surface area contributed by atoms with Crippen LogP contribution < -0.4 is 0 Å². The Bertz CT molecular complexity index is 863. The highest BCUT2D eigenvalue weighted by Crippen LogP contribution is 2.29. The van der Waals surface area contributed by atoms with Gasteiger partial charge in [-0.1, -0.05) is 0 Å². The number of amides is 1.